The van der Waals surface area contributed by atoms with E-state index in [9.17, 15) is 29.6 Å². The molecule has 1 aromatic rings. The number of carboxylic acids is 1. The summed E-state index contributed by atoms with van der Waals surface area (Å²) in [4.78, 5) is 51.1. The van der Waals surface area contributed by atoms with Crippen LogP contribution in [0.5, 0.6) is 0 Å². The van der Waals surface area contributed by atoms with Crippen LogP contribution in [-0.2, 0) is 14.4 Å². The molecule has 0 spiro atoms. The quantitative estimate of drug-likeness (QED) is 0.532. The lowest BCUT2D eigenvalue weighted by Gasteiger charge is -2.48. The molecule has 0 unspecified atom stereocenters. The number of nitro groups is 1. The fraction of sp³-hybridized carbons (Fsp3) is 0.480. The number of hydrogen-bond acceptors (Lipinski definition) is 6. The van der Waals surface area contributed by atoms with E-state index in [-0.39, 0.29) is 34.6 Å². The van der Waals surface area contributed by atoms with Crippen molar-refractivity contribution in [1.82, 2.24) is 4.90 Å². The summed E-state index contributed by atoms with van der Waals surface area (Å²) in [6, 6.07) is 5.97. The maximum absolute atomic E-state index is 13.5. The van der Waals surface area contributed by atoms with Gasteiger partial charge >= 0.3 is 5.97 Å². The molecule has 0 saturated carbocycles. The van der Waals surface area contributed by atoms with Crippen molar-refractivity contribution in [2.45, 2.75) is 59.3 Å². The molecule has 0 atom stereocenters. The average molecular weight is 453 g/mol. The van der Waals surface area contributed by atoms with Gasteiger partial charge < -0.3 is 10.0 Å². The van der Waals surface area contributed by atoms with E-state index in [0.717, 1.165) is 0 Å². The third-order valence-electron chi connectivity index (χ3n) is 6.75. The number of aliphatic carboxylic acids is 1. The second-order valence-corrected chi connectivity index (χ2v) is 10.9. The second kappa shape index (κ2) is 7.64. The van der Waals surface area contributed by atoms with E-state index in [0.29, 0.717) is 53.8 Å². The fourth-order valence-electron chi connectivity index (χ4n) is 5.50. The zero-order valence-electron chi connectivity index (χ0n) is 19.3. The number of Topliss-reactive ketones (excluding diaryl/α,β-unsaturated/α-hetero) is 2. The predicted octanol–water partition coefficient (Wildman–Crippen LogP) is 4.37. The molecule has 33 heavy (non-hydrogen) atoms. The minimum Gasteiger partial charge on any atom is -0.480 e. The Hall–Kier alpha value is -3.29. The number of non-ortho nitro benzene ring substituents is 1. The van der Waals surface area contributed by atoms with Gasteiger partial charge in [-0.3, -0.25) is 24.5 Å². The molecule has 4 rings (SSSR count). The van der Waals surface area contributed by atoms with Gasteiger partial charge in [0.1, 0.15) is 6.54 Å². The number of ketones is 2. The highest BCUT2D eigenvalue weighted by atomic mass is 16.6. The first kappa shape index (κ1) is 22.9. The maximum atomic E-state index is 13.5. The Kier molecular flexibility index (Phi) is 5.30. The van der Waals surface area contributed by atoms with Gasteiger partial charge in [0.15, 0.2) is 11.6 Å². The first-order valence-corrected chi connectivity index (χ1v) is 11.1. The van der Waals surface area contributed by atoms with Gasteiger partial charge in [0.05, 0.1) is 4.92 Å². The molecular formula is C25H28N2O6. The maximum Gasteiger partial charge on any atom is 0.323 e. The summed E-state index contributed by atoms with van der Waals surface area (Å²) in [7, 11) is 0. The summed E-state index contributed by atoms with van der Waals surface area (Å²) in [5.74, 6) is -1.89. The van der Waals surface area contributed by atoms with Crippen LogP contribution in [-0.4, -0.2) is 39.0 Å². The summed E-state index contributed by atoms with van der Waals surface area (Å²) in [6.45, 7) is 7.60. The first-order chi connectivity index (χ1) is 15.3. The fourth-order valence-corrected chi connectivity index (χ4v) is 5.50. The summed E-state index contributed by atoms with van der Waals surface area (Å²) in [5.41, 5.74) is 2.09. The van der Waals surface area contributed by atoms with Crippen molar-refractivity contribution in [2.24, 2.45) is 10.8 Å². The Balaban J connectivity index is 1.98. The predicted molar refractivity (Wildman–Crippen MR) is 120 cm³/mol. The Bertz CT molecular complexity index is 1090. The molecule has 0 aromatic heterocycles. The molecule has 1 heterocycles. The van der Waals surface area contributed by atoms with Crippen LogP contribution < -0.4 is 0 Å². The van der Waals surface area contributed by atoms with Crippen LogP contribution in [0.2, 0.25) is 0 Å². The highest BCUT2D eigenvalue weighted by Gasteiger charge is 2.49. The molecule has 8 heteroatoms. The van der Waals surface area contributed by atoms with Crippen LogP contribution in [0.15, 0.2) is 46.8 Å². The number of rotatable bonds is 4. The van der Waals surface area contributed by atoms with Gasteiger partial charge in [-0.15, -0.1) is 0 Å². The van der Waals surface area contributed by atoms with Crippen molar-refractivity contribution in [3.05, 3.63) is 62.5 Å². The Morgan fingerprint density at radius 2 is 1.42 bits per heavy atom. The molecule has 0 radical (unpaired) electrons. The van der Waals surface area contributed by atoms with Gasteiger partial charge in [0.25, 0.3) is 5.69 Å². The summed E-state index contributed by atoms with van der Waals surface area (Å²) >= 11 is 0. The molecule has 0 saturated heterocycles. The third-order valence-corrected chi connectivity index (χ3v) is 6.75. The second-order valence-electron chi connectivity index (χ2n) is 10.9. The largest absolute Gasteiger partial charge is 0.480 e. The van der Waals surface area contributed by atoms with Crippen molar-refractivity contribution in [2.75, 3.05) is 6.54 Å². The lowest BCUT2D eigenvalue weighted by Crippen LogP contribution is -2.45. The van der Waals surface area contributed by atoms with Crippen LogP contribution >= 0.6 is 0 Å². The Morgan fingerprint density at radius 1 is 0.970 bits per heavy atom. The van der Waals surface area contributed by atoms with Crippen LogP contribution in [0.3, 0.4) is 0 Å². The third kappa shape index (κ3) is 4.10. The molecule has 1 N–H and O–H groups in total. The number of nitro benzene ring substituents is 1. The van der Waals surface area contributed by atoms with Crippen molar-refractivity contribution in [3.8, 4) is 0 Å². The highest BCUT2D eigenvalue weighted by Crippen LogP contribution is 2.54. The number of carbonyl (C=O) groups is 3. The molecular weight excluding hydrogens is 424 g/mol. The number of benzene rings is 1. The minimum atomic E-state index is -1.03. The van der Waals surface area contributed by atoms with Crippen molar-refractivity contribution in [3.63, 3.8) is 0 Å². The van der Waals surface area contributed by atoms with Crippen LogP contribution in [0.4, 0.5) is 5.69 Å². The van der Waals surface area contributed by atoms with Gasteiger partial charge in [-0.25, -0.2) is 0 Å². The van der Waals surface area contributed by atoms with Gasteiger partial charge in [-0.1, -0.05) is 39.8 Å². The number of carbonyl (C=O) groups excluding carboxylic acids is 2. The zero-order valence-corrected chi connectivity index (χ0v) is 19.3. The van der Waals surface area contributed by atoms with Crippen LogP contribution in [0.1, 0.15) is 64.9 Å². The van der Waals surface area contributed by atoms with Gasteiger partial charge in [-0.05, 0) is 29.2 Å². The van der Waals surface area contributed by atoms with Crippen LogP contribution in [0.25, 0.3) is 0 Å². The summed E-state index contributed by atoms with van der Waals surface area (Å²) in [6.07, 6.45) is 1.60. The number of allylic oxidation sites excluding steroid dienone is 4. The van der Waals surface area contributed by atoms with Gasteiger partial charge in [0.2, 0.25) is 0 Å². The van der Waals surface area contributed by atoms with E-state index in [1.807, 2.05) is 27.7 Å². The topological polar surface area (TPSA) is 118 Å². The lowest BCUT2D eigenvalue weighted by molar-refractivity contribution is -0.384. The molecule has 8 nitrogen and oxygen atoms in total. The molecule has 2 aliphatic carbocycles. The molecule has 1 aromatic carbocycles. The average Bonchev–Trinajstić information content (AvgIpc) is 2.67. The molecule has 0 amide bonds. The summed E-state index contributed by atoms with van der Waals surface area (Å²) in [5, 5.41) is 20.8. The highest BCUT2D eigenvalue weighted by molar-refractivity contribution is 6.07. The van der Waals surface area contributed by atoms with E-state index in [4.69, 9.17) is 0 Å². The Labute approximate surface area is 192 Å². The molecule has 1 aliphatic heterocycles. The number of carboxylic acid groups (broad SMARTS) is 1. The van der Waals surface area contributed by atoms with Gasteiger partial charge in [-0.2, -0.15) is 0 Å². The SMILES string of the molecule is CC1(C)CC(=O)C2=C(C1)N(CC(=O)O)C1=C(C(=O)CC(C)(C)C1)C2c1ccc([N+](=O)[O-])cc1. The molecule has 0 fully saturated rings. The van der Waals surface area contributed by atoms with Crippen molar-refractivity contribution < 1.29 is 24.4 Å². The molecule has 0 bridgehead atoms. The number of nitrogens with zero attached hydrogens (tertiary/aromatic N) is 2. The van der Waals surface area contributed by atoms with Crippen LogP contribution in [0, 0.1) is 20.9 Å². The van der Waals surface area contributed by atoms with Gasteiger partial charge in [0, 0.05) is 53.4 Å². The van der Waals surface area contributed by atoms with E-state index in [2.05, 4.69) is 0 Å². The standard InChI is InChI=1S/C25H28N2O6/c1-24(2)9-16-22(18(28)11-24)21(14-5-7-15(8-6-14)27(32)33)23-17(26(16)13-20(30)31)10-25(3,4)12-19(23)29/h5-8,21H,9-13H2,1-4H3,(H,30,31). The first-order valence-electron chi connectivity index (χ1n) is 11.1. The van der Waals surface area contributed by atoms with Crippen molar-refractivity contribution in [1.29, 1.82) is 0 Å². The van der Waals surface area contributed by atoms with E-state index in [1.165, 1.54) is 12.1 Å². The lowest BCUT2D eigenvalue weighted by atomic mass is 9.63. The normalized spacial score (nSPS) is 22.2. The smallest absolute Gasteiger partial charge is 0.323 e. The summed E-state index contributed by atoms with van der Waals surface area (Å²) < 4.78 is 0. The Morgan fingerprint density at radius 3 is 1.82 bits per heavy atom. The zero-order chi connectivity index (χ0) is 24.3. The van der Waals surface area contributed by atoms with E-state index >= 15 is 0 Å². The number of hydrogen-bond donors (Lipinski definition) is 1. The van der Waals surface area contributed by atoms with E-state index in [1.54, 1.807) is 17.0 Å². The minimum absolute atomic E-state index is 0.0716. The molecule has 3 aliphatic rings. The molecule has 174 valence electrons. The van der Waals surface area contributed by atoms with E-state index < -0.39 is 16.8 Å². The van der Waals surface area contributed by atoms with Crippen molar-refractivity contribution >= 4 is 23.2 Å². The monoisotopic (exact) mass is 452 g/mol.